The fourth-order valence-electron chi connectivity index (χ4n) is 3.87. The Bertz CT molecular complexity index is 498. The van der Waals surface area contributed by atoms with Crippen molar-refractivity contribution in [1.29, 1.82) is 0 Å². The van der Waals surface area contributed by atoms with Gasteiger partial charge in [0.25, 0.3) is 0 Å². The molecule has 1 aromatic rings. The Hall–Kier alpha value is -1.00. The molecule has 2 aliphatic rings. The summed E-state index contributed by atoms with van der Waals surface area (Å²) < 4.78 is 27.4. The van der Waals surface area contributed by atoms with E-state index in [1.807, 2.05) is 0 Å². The van der Waals surface area contributed by atoms with Crippen LogP contribution in [0.3, 0.4) is 0 Å². The molecule has 1 heterocycles. The number of halogens is 2. The molecule has 2 nitrogen and oxygen atoms in total. The largest absolute Gasteiger partial charge is 0.311 e. The maximum atomic E-state index is 14.0. The lowest BCUT2D eigenvalue weighted by Gasteiger charge is -2.48. The van der Waals surface area contributed by atoms with Gasteiger partial charge in [-0.1, -0.05) is 19.8 Å². The van der Waals surface area contributed by atoms with Crippen molar-refractivity contribution in [3.05, 3.63) is 35.4 Å². The second-order valence-corrected chi connectivity index (χ2v) is 6.53. The van der Waals surface area contributed by atoms with Gasteiger partial charge in [-0.15, -0.1) is 0 Å². The highest BCUT2D eigenvalue weighted by atomic mass is 19.1. The molecular weight excluding hydrogens is 270 g/mol. The molecule has 4 heteroatoms. The summed E-state index contributed by atoms with van der Waals surface area (Å²) in [4.78, 5) is 2.41. The maximum absolute atomic E-state index is 14.0. The third-order valence-electron chi connectivity index (χ3n) is 5.23. The molecule has 1 saturated heterocycles. The lowest BCUT2D eigenvalue weighted by molar-refractivity contribution is 0.0340. The fraction of sp³-hybridized carbons (Fsp3) is 0.647. The van der Waals surface area contributed by atoms with Gasteiger partial charge in [-0.25, -0.2) is 8.78 Å². The molecule has 1 aliphatic heterocycles. The first-order valence-electron chi connectivity index (χ1n) is 8.05. The summed E-state index contributed by atoms with van der Waals surface area (Å²) >= 11 is 0. The van der Waals surface area contributed by atoms with Crippen molar-refractivity contribution in [1.82, 2.24) is 10.2 Å². The van der Waals surface area contributed by atoms with E-state index < -0.39 is 0 Å². The highest BCUT2D eigenvalue weighted by Gasteiger charge is 2.43. The molecular formula is C17H24F2N2. The average molecular weight is 294 g/mol. The molecule has 0 bridgehead atoms. The van der Waals surface area contributed by atoms with E-state index in [-0.39, 0.29) is 17.2 Å². The van der Waals surface area contributed by atoms with Crippen molar-refractivity contribution in [2.75, 3.05) is 13.1 Å². The molecule has 1 saturated carbocycles. The standard InChI is InChI=1S/C17H24F2N2/c1-2-15-11-21(17(12-20-15)7-3-4-8-17)10-13-9-14(18)5-6-16(13)19/h5-6,9,15,20H,2-4,7-8,10-12H2,1H3. The van der Waals surface area contributed by atoms with Crippen molar-refractivity contribution < 1.29 is 8.78 Å². The van der Waals surface area contributed by atoms with E-state index in [0.29, 0.717) is 18.2 Å². The Morgan fingerprint density at radius 2 is 2.05 bits per heavy atom. The third kappa shape index (κ3) is 2.97. The SMILES string of the molecule is CCC1CN(Cc2cc(F)ccc2F)C2(CCCC2)CN1. The molecule has 2 fully saturated rings. The van der Waals surface area contributed by atoms with Crippen LogP contribution < -0.4 is 5.32 Å². The highest BCUT2D eigenvalue weighted by molar-refractivity contribution is 5.19. The van der Waals surface area contributed by atoms with E-state index in [1.165, 1.54) is 31.0 Å². The van der Waals surface area contributed by atoms with Crippen LogP contribution in [0.5, 0.6) is 0 Å². The second kappa shape index (κ2) is 6.01. The molecule has 21 heavy (non-hydrogen) atoms. The molecule has 116 valence electrons. The Morgan fingerprint density at radius 1 is 1.29 bits per heavy atom. The van der Waals surface area contributed by atoms with Gasteiger partial charge in [0, 0.05) is 36.8 Å². The molecule has 0 radical (unpaired) electrons. The van der Waals surface area contributed by atoms with Gasteiger partial charge in [0.05, 0.1) is 0 Å². The minimum atomic E-state index is -0.353. The zero-order valence-corrected chi connectivity index (χ0v) is 12.7. The van der Waals surface area contributed by atoms with Gasteiger partial charge in [0.2, 0.25) is 0 Å². The summed E-state index contributed by atoms with van der Waals surface area (Å²) in [7, 11) is 0. The zero-order valence-electron chi connectivity index (χ0n) is 12.7. The van der Waals surface area contributed by atoms with Gasteiger partial charge in [-0.05, 0) is 37.5 Å². The molecule has 1 aromatic carbocycles. The molecule has 3 rings (SSSR count). The second-order valence-electron chi connectivity index (χ2n) is 6.53. The van der Waals surface area contributed by atoms with E-state index in [0.717, 1.165) is 32.4 Å². The van der Waals surface area contributed by atoms with Gasteiger partial charge >= 0.3 is 0 Å². The summed E-state index contributed by atoms with van der Waals surface area (Å²) in [5, 5.41) is 3.63. The molecule has 1 N–H and O–H groups in total. The van der Waals surface area contributed by atoms with Gasteiger partial charge in [0.1, 0.15) is 11.6 Å². The number of rotatable bonds is 3. The van der Waals surface area contributed by atoms with E-state index in [1.54, 1.807) is 0 Å². The number of hydrogen-bond acceptors (Lipinski definition) is 2. The minimum absolute atomic E-state index is 0.143. The van der Waals surface area contributed by atoms with Crippen molar-refractivity contribution in [3.63, 3.8) is 0 Å². The topological polar surface area (TPSA) is 15.3 Å². The lowest BCUT2D eigenvalue weighted by Crippen LogP contribution is -2.63. The normalized spacial score (nSPS) is 25.6. The molecule has 0 aromatic heterocycles. The van der Waals surface area contributed by atoms with E-state index in [4.69, 9.17) is 0 Å². The summed E-state index contributed by atoms with van der Waals surface area (Å²) in [6.07, 6.45) is 5.86. The predicted molar refractivity (Wildman–Crippen MR) is 80.0 cm³/mol. The van der Waals surface area contributed by atoms with Crippen molar-refractivity contribution in [3.8, 4) is 0 Å². The number of benzene rings is 1. The lowest BCUT2D eigenvalue weighted by atomic mass is 9.89. The highest BCUT2D eigenvalue weighted by Crippen LogP contribution is 2.38. The molecule has 1 atom stereocenters. The molecule has 0 amide bonds. The first-order valence-corrected chi connectivity index (χ1v) is 8.05. The minimum Gasteiger partial charge on any atom is -0.311 e. The van der Waals surface area contributed by atoms with Gasteiger partial charge < -0.3 is 5.32 Å². The quantitative estimate of drug-likeness (QED) is 0.918. The molecule has 1 aliphatic carbocycles. The number of hydrogen-bond donors (Lipinski definition) is 1. The van der Waals surface area contributed by atoms with Crippen LogP contribution >= 0.6 is 0 Å². The van der Waals surface area contributed by atoms with Crippen LogP contribution in [0.2, 0.25) is 0 Å². The Labute approximate surface area is 125 Å². The Balaban J connectivity index is 1.83. The van der Waals surface area contributed by atoms with E-state index in [2.05, 4.69) is 17.1 Å². The first kappa shape index (κ1) is 14.9. The van der Waals surface area contributed by atoms with Crippen LogP contribution in [0.15, 0.2) is 18.2 Å². The predicted octanol–water partition coefficient (Wildman–Crippen LogP) is 3.46. The Morgan fingerprint density at radius 3 is 2.76 bits per heavy atom. The van der Waals surface area contributed by atoms with Crippen LogP contribution in [0.1, 0.15) is 44.6 Å². The molecule has 1 spiro atoms. The van der Waals surface area contributed by atoms with Crippen LogP contribution in [0.25, 0.3) is 0 Å². The van der Waals surface area contributed by atoms with Crippen LogP contribution in [0, 0.1) is 11.6 Å². The summed E-state index contributed by atoms with van der Waals surface area (Å²) in [5.41, 5.74) is 0.628. The van der Waals surface area contributed by atoms with Crippen molar-refractivity contribution in [2.45, 2.75) is 57.2 Å². The van der Waals surface area contributed by atoms with Crippen molar-refractivity contribution in [2.24, 2.45) is 0 Å². The third-order valence-corrected chi connectivity index (χ3v) is 5.23. The smallest absolute Gasteiger partial charge is 0.127 e. The number of nitrogens with zero attached hydrogens (tertiary/aromatic N) is 1. The van der Waals surface area contributed by atoms with E-state index >= 15 is 0 Å². The number of nitrogens with one attached hydrogen (secondary N) is 1. The maximum Gasteiger partial charge on any atom is 0.127 e. The zero-order chi connectivity index (χ0) is 14.9. The van der Waals surface area contributed by atoms with Gasteiger partial charge in [-0.2, -0.15) is 0 Å². The summed E-state index contributed by atoms with van der Waals surface area (Å²) in [6.45, 7) is 4.59. The Kier molecular flexibility index (Phi) is 4.27. The first-order chi connectivity index (χ1) is 10.1. The summed E-state index contributed by atoms with van der Waals surface area (Å²) in [5.74, 6) is -0.648. The van der Waals surface area contributed by atoms with Crippen molar-refractivity contribution >= 4 is 0 Å². The van der Waals surface area contributed by atoms with Crippen LogP contribution in [-0.4, -0.2) is 29.6 Å². The van der Waals surface area contributed by atoms with Gasteiger partial charge in [0.15, 0.2) is 0 Å². The monoisotopic (exact) mass is 294 g/mol. The van der Waals surface area contributed by atoms with Gasteiger partial charge in [-0.3, -0.25) is 4.90 Å². The fourth-order valence-corrected chi connectivity index (χ4v) is 3.87. The average Bonchev–Trinajstić information content (AvgIpc) is 2.95. The summed E-state index contributed by atoms with van der Waals surface area (Å²) in [6, 6.07) is 4.23. The number of piperazine rings is 1. The van der Waals surface area contributed by atoms with Crippen LogP contribution in [-0.2, 0) is 6.54 Å². The van der Waals surface area contributed by atoms with E-state index in [9.17, 15) is 8.78 Å². The molecule has 1 unspecified atom stereocenters. The van der Waals surface area contributed by atoms with Crippen LogP contribution in [0.4, 0.5) is 8.78 Å².